The van der Waals surface area contributed by atoms with Crippen molar-refractivity contribution in [3.8, 4) is 6.07 Å². The van der Waals surface area contributed by atoms with Gasteiger partial charge in [0.15, 0.2) is 11.0 Å². The average molecular weight is 252 g/mol. The highest BCUT2D eigenvalue weighted by molar-refractivity contribution is 6.30. The van der Waals surface area contributed by atoms with E-state index in [0.29, 0.717) is 11.4 Å². The lowest BCUT2D eigenvalue weighted by Crippen LogP contribution is -2.46. The monoisotopic (exact) mass is 251 g/mol. The first-order chi connectivity index (χ1) is 8.26. The summed E-state index contributed by atoms with van der Waals surface area (Å²) in [7, 11) is 0. The molecule has 0 spiro atoms. The summed E-state index contributed by atoms with van der Waals surface area (Å²) in [5.41, 5.74) is 0.374. The number of halogens is 1. The molecule has 1 aromatic rings. The van der Waals surface area contributed by atoms with Crippen LogP contribution in [0.2, 0.25) is 5.15 Å². The van der Waals surface area contributed by atoms with Gasteiger partial charge in [0.2, 0.25) is 0 Å². The van der Waals surface area contributed by atoms with Crippen molar-refractivity contribution in [3.63, 3.8) is 0 Å². The van der Waals surface area contributed by atoms with Crippen molar-refractivity contribution in [3.05, 3.63) is 17.0 Å². The van der Waals surface area contributed by atoms with Crippen molar-refractivity contribution in [2.24, 2.45) is 0 Å². The van der Waals surface area contributed by atoms with E-state index in [1.54, 1.807) is 0 Å². The van der Waals surface area contributed by atoms with Crippen LogP contribution in [-0.2, 0) is 0 Å². The molecule has 0 saturated carbocycles. The predicted molar refractivity (Wildman–Crippen MR) is 66.1 cm³/mol. The van der Waals surface area contributed by atoms with E-state index < -0.39 is 0 Å². The lowest BCUT2D eigenvalue weighted by atomic mass is 10.2. The molecular weight excluding hydrogens is 238 g/mol. The van der Waals surface area contributed by atoms with Crippen molar-refractivity contribution in [1.29, 1.82) is 5.26 Å². The Morgan fingerprint density at radius 1 is 1.35 bits per heavy atom. The SMILES string of the molecule is CCN1CCN(c2ncnc(Cl)c2C#N)CC1. The molecule has 1 saturated heterocycles. The van der Waals surface area contributed by atoms with Crippen molar-refractivity contribution in [1.82, 2.24) is 14.9 Å². The Bertz CT molecular complexity index is 434. The van der Waals surface area contributed by atoms with Gasteiger partial charge in [-0.25, -0.2) is 9.97 Å². The summed E-state index contributed by atoms with van der Waals surface area (Å²) >= 11 is 5.89. The van der Waals surface area contributed by atoms with Gasteiger partial charge in [-0.2, -0.15) is 5.26 Å². The van der Waals surface area contributed by atoms with Crippen LogP contribution < -0.4 is 4.90 Å². The van der Waals surface area contributed by atoms with E-state index >= 15 is 0 Å². The summed E-state index contributed by atoms with van der Waals surface area (Å²) in [5.74, 6) is 0.656. The molecular formula is C11H14ClN5. The molecule has 1 fully saturated rings. The minimum Gasteiger partial charge on any atom is -0.353 e. The van der Waals surface area contributed by atoms with E-state index in [-0.39, 0.29) is 5.15 Å². The molecule has 6 heteroatoms. The van der Waals surface area contributed by atoms with Crippen molar-refractivity contribution in [2.45, 2.75) is 6.92 Å². The maximum atomic E-state index is 9.08. The van der Waals surface area contributed by atoms with Crippen molar-refractivity contribution in [2.75, 3.05) is 37.6 Å². The van der Waals surface area contributed by atoms with Gasteiger partial charge in [-0.15, -0.1) is 0 Å². The molecule has 5 nitrogen and oxygen atoms in total. The largest absolute Gasteiger partial charge is 0.353 e. The highest BCUT2D eigenvalue weighted by atomic mass is 35.5. The molecule has 0 bridgehead atoms. The van der Waals surface area contributed by atoms with Crippen LogP contribution in [0.3, 0.4) is 0 Å². The summed E-state index contributed by atoms with van der Waals surface area (Å²) in [4.78, 5) is 12.5. The van der Waals surface area contributed by atoms with Gasteiger partial charge in [-0.3, -0.25) is 0 Å². The molecule has 0 aliphatic carbocycles. The van der Waals surface area contributed by atoms with Crippen LogP contribution in [0.1, 0.15) is 12.5 Å². The predicted octanol–water partition coefficient (Wildman–Crippen LogP) is 1.14. The summed E-state index contributed by atoms with van der Waals surface area (Å²) in [6, 6.07) is 2.07. The summed E-state index contributed by atoms with van der Waals surface area (Å²) in [6.45, 7) is 6.93. The molecule has 0 radical (unpaired) electrons. The van der Waals surface area contributed by atoms with Crippen LogP contribution in [0, 0.1) is 11.3 Å². The fourth-order valence-electron chi connectivity index (χ4n) is 1.97. The molecule has 17 heavy (non-hydrogen) atoms. The van der Waals surface area contributed by atoms with Gasteiger partial charge in [0.25, 0.3) is 0 Å². The smallest absolute Gasteiger partial charge is 0.152 e. The third-order valence-corrected chi connectivity index (χ3v) is 3.30. The zero-order valence-electron chi connectivity index (χ0n) is 9.73. The van der Waals surface area contributed by atoms with Gasteiger partial charge >= 0.3 is 0 Å². The Hall–Kier alpha value is -1.38. The van der Waals surface area contributed by atoms with Crippen LogP contribution in [0.15, 0.2) is 6.33 Å². The van der Waals surface area contributed by atoms with Crippen LogP contribution in [0.4, 0.5) is 5.82 Å². The zero-order chi connectivity index (χ0) is 12.3. The molecule has 1 aliphatic rings. The highest BCUT2D eigenvalue weighted by Crippen LogP contribution is 2.23. The molecule has 2 heterocycles. The van der Waals surface area contributed by atoms with Crippen LogP contribution in [0.25, 0.3) is 0 Å². The van der Waals surface area contributed by atoms with Crippen molar-refractivity contribution < 1.29 is 0 Å². The number of hydrogen-bond acceptors (Lipinski definition) is 5. The van der Waals surface area contributed by atoms with Crippen LogP contribution in [-0.4, -0.2) is 47.6 Å². The first kappa shape index (κ1) is 12.1. The highest BCUT2D eigenvalue weighted by Gasteiger charge is 2.20. The molecule has 0 unspecified atom stereocenters. The molecule has 0 N–H and O–H groups in total. The second-order valence-electron chi connectivity index (χ2n) is 3.90. The van der Waals surface area contributed by atoms with Crippen molar-refractivity contribution >= 4 is 17.4 Å². The first-order valence-corrected chi connectivity index (χ1v) is 6.02. The number of likely N-dealkylation sites (N-methyl/N-ethyl adjacent to an activating group) is 1. The maximum Gasteiger partial charge on any atom is 0.152 e. The topological polar surface area (TPSA) is 56.1 Å². The molecule has 0 aromatic carbocycles. The van der Waals surface area contributed by atoms with E-state index in [2.05, 4.69) is 32.8 Å². The molecule has 90 valence electrons. The fourth-order valence-corrected chi connectivity index (χ4v) is 2.14. The Kier molecular flexibility index (Phi) is 3.77. The Balaban J connectivity index is 2.19. The van der Waals surface area contributed by atoms with E-state index in [4.69, 9.17) is 16.9 Å². The van der Waals surface area contributed by atoms with Gasteiger partial charge < -0.3 is 9.80 Å². The fraction of sp³-hybridized carbons (Fsp3) is 0.545. The van der Waals surface area contributed by atoms with Gasteiger partial charge in [-0.05, 0) is 6.54 Å². The van der Waals surface area contributed by atoms with Gasteiger partial charge in [0.05, 0.1) is 0 Å². The number of nitrogens with zero attached hydrogens (tertiary/aromatic N) is 5. The first-order valence-electron chi connectivity index (χ1n) is 5.64. The number of hydrogen-bond donors (Lipinski definition) is 0. The quantitative estimate of drug-likeness (QED) is 0.738. The second-order valence-corrected chi connectivity index (χ2v) is 4.25. The molecule has 0 atom stereocenters. The minimum atomic E-state index is 0.232. The standard InChI is InChI=1S/C11H14ClN5/c1-2-16-3-5-17(6-4-16)11-9(7-13)10(12)14-8-15-11/h8H,2-6H2,1H3. The average Bonchev–Trinajstić information content (AvgIpc) is 2.38. The van der Waals surface area contributed by atoms with E-state index in [1.165, 1.54) is 6.33 Å². The Labute approximate surface area is 106 Å². The number of rotatable bonds is 2. The summed E-state index contributed by atoms with van der Waals surface area (Å²) < 4.78 is 0. The Morgan fingerprint density at radius 2 is 2.06 bits per heavy atom. The normalized spacial score (nSPS) is 16.9. The number of aromatic nitrogens is 2. The molecule has 2 rings (SSSR count). The van der Waals surface area contributed by atoms with E-state index in [0.717, 1.165) is 32.7 Å². The van der Waals surface area contributed by atoms with E-state index in [1.807, 2.05) is 0 Å². The number of piperazine rings is 1. The molecule has 1 aromatic heterocycles. The number of anilines is 1. The molecule has 0 amide bonds. The molecule has 1 aliphatic heterocycles. The Morgan fingerprint density at radius 3 is 2.65 bits per heavy atom. The summed E-state index contributed by atoms with van der Waals surface area (Å²) in [5, 5.41) is 9.31. The number of nitriles is 1. The van der Waals surface area contributed by atoms with Gasteiger partial charge in [0, 0.05) is 26.2 Å². The third-order valence-electron chi connectivity index (χ3n) is 3.01. The van der Waals surface area contributed by atoms with Gasteiger partial charge in [-0.1, -0.05) is 18.5 Å². The third kappa shape index (κ3) is 2.48. The minimum absolute atomic E-state index is 0.232. The van der Waals surface area contributed by atoms with E-state index in [9.17, 15) is 0 Å². The van der Waals surface area contributed by atoms with Crippen LogP contribution >= 0.6 is 11.6 Å². The van der Waals surface area contributed by atoms with Crippen LogP contribution in [0.5, 0.6) is 0 Å². The summed E-state index contributed by atoms with van der Waals surface area (Å²) in [6.07, 6.45) is 1.41. The zero-order valence-corrected chi connectivity index (χ0v) is 10.5. The second kappa shape index (κ2) is 5.30. The lowest BCUT2D eigenvalue weighted by molar-refractivity contribution is 0.270. The lowest BCUT2D eigenvalue weighted by Gasteiger charge is -2.34. The van der Waals surface area contributed by atoms with Gasteiger partial charge in [0.1, 0.15) is 18.0 Å². The maximum absolute atomic E-state index is 9.08.